The molecule has 0 saturated carbocycles. The molecule has 1 aliphatic heterocycles. The van der Waals surface area contributed by atoms with Crippen LogP contribution in [0.3, 0.4) is 0 Å². The first-order chi connectivity index (χ1) is 12.7. The van der Waals surface area contributed by atoms with E-state index in [1.165, 1.54) is 11.1 Å². The first-order valence-electron chi connectivity index (χ1n) is 9.25. The Morgan fingerprint density at radius 1 is 1.00 bits per heavy atom. The minimum atomic E-state index is -0.506. The number of aliphatic hydroxyl groups is 1. The lowest BCUT2D eigenvalue weighted by Gasteiger charge is -2.28. The van der Waals surface area contributed by atoms with Crippen LogP contribution in [0.15, 0.2) is 60.7 Å². The number of hydrogen-bond donors (Lipinski definition) is 1. The van der Waals surface area contributed by atoms with Crippen LogP contribution in [0.5, 0.6) is 11.5 Å². The normalized spacial score (nSPS) is 16.0. The van der Waals surface area contributed by atoms with Gasteiger partial charge in [-0.25, -0.2) is 0 Å². The highest BCUT2D eigenvalue weighted by molar-refractivity contribution is 5.66. The average Bonchev–Trinajstić information content (AvgIpc) is 2.69. The summed E-state index contributed by atoms with van der Waals surface area (Å²) in [6.45, 7) is 5.34. The van der Waals surface area contributed by atoms with Gasteiger partial charge in [0.25, 0.3) is 0 Å². The van der Waals surface area contributed by atoms with E-state index in [0.717, 1.165) is 31.0 Å². The molecule has 4 nitrogen and oxygen atoms in total. The molecular formula is C22H27NO3. The summed E-state index contributed by atoms with van der Waals surface area (Å²) in [5, 5.41) is 10.3. The topological polar surface area (TPSA) is 41.9 Å². The molecule has 138 valence electrons. The molecule has 0 spiro atoms. The maximum atomic E-state index is 10.3. The number of rotatable bonds is 8. The van der Waals surface area contributed by atoms with E-state index in [-0.39, 0.29) is 0 Å². The van der Waals surface area contributed by atoms with Crippen LogP contribution >= 0.6 is 0 Å². The summed E-state index contributed by atoms with van der Waals surface area (Å²) >= 11 is 0. The molecule has 0 radical (unpaired) electrons. The minimum Gasteiger partial charge on any atom is -0.494 e. The lowest BCUT2D eigenvalue weighted by atomic mass is 9.99. The molecule has 0 amide bonds. The van der Waals surface area contributed by atoms with Crippen LogP contribution in [0.1, 0.15) is 18.9 Å². The van der Waals surface area contributed by atoms with Crippen LogP contribution in [0.2, 0.25) is 0 Å². The molecule has 1 atom stereocenters. The molecule has 1 aliphatic rings. The zero-order valence-corrected chi connectivity index (χ0v) is 15.3. The lowest BCUT2D eigenvalue weighted by molar-refractivity contribution is 0.0716. The Morgan fingerprint density at radius 3 is 2.31 bits per heavy atom. The smallest absolute Gasteiger partial charge is 0.119 e. The van der Waals surface area contributed by atoms with Crippen molar-refractivity contribution < 1.29 is 14.6 Å². The Morgan fingerprint density at radius 2 is 1.69 bits per heavy atom. The van der Waals surface area contributed by atoms with E-state index in [9.17, 15) is 5.11 Å². The number of ether oxygens (including phenoxy) is 2. The molecule has 0 bridgehead atoms. The highest BCUT2D eigenvalue weighted by atomic mass is 16.5. The molecule has 1 heterocycles. The van der Waals surface area contributed by atoms with Crippen molar-refractivity contribution in [1.82, 2.24) is 4.90 Å². The third-order valence-corrected chi connectivity index (χ3v) is 4.48. The summed E-state index contributed by atoms with van der Waals surface area (Å²) in [6, 6.07) is 18.0. The third kappa shape index (κ3) is 5.35. The molecule has 1 N–H and O–H groups in total. The number of β-amino-alcohol motifs (C(OH)–C–C–N with tert-alkyl or cyclic N) is 1. The van der Waals surface area contributed by atoms with Crippen LogP contribution in [-0.2, 0) is 0 Å². The quantitative estimate of drug-likeness (QED) is 0.787. The zero-order valence-electron chi connectivity index (χ0n) is 15.3. The molecule has 0 aromatic heterocycles. The Kier molecular flexibility index (Phi) is 6.69. The highest BCUT2D eigenvalue weighted by Gasteiger charge is 2.16. The van der Waals surface area contributed by atoms with Gasteiger partial charge in [0.1, 0.15) is 24.2 Å². The van der Waals surface area contributed by atoms with Crippen molar-refractivity contribution in [2.75, 3.05) is 32.8 Å². The van der Waals surface area contributed by atoms with Crippen molar-refractivity contribution in [1.29, 1.82) is 0 Å². The van der Waals surface area contributed by atoms with Crippen LogP contribution in [0.25, 0.3) is 5.57 Å². The Hall–Kier alpha value is -2.30. The Labute approximate surface area is 155 Å². The molecule has 0 fully saturated rings. The van der Waals surface area contributed by atoms with Crippen molar-refractivity contribution in [3.63, 3.8) is 0 Å². The molecule has 4 heteroatoms. The van der Waals surface area contributed by atoms with Gasteiger partial charge in [-0.3, -0.25) is 4.90 Å². The van der Waals surface area contributed by atoms with Gasteiger partial charge in [0.15, 0.2) is 0 Å². The van der Waals surface area contributed by atoms with Crippen molar-refractivity contribution >= 4 is 5.57 Å². The molecule has 2 aromatic rings. The summed E-state index contributed by atoms with van der Waals surface area (Å²) < 4.78 is 11.1. The zero-order chi connectivity index (χ0) is 18.2. The van der Waals surface area contributed by atoms with Crippen molar-refractivity contribution in [3.8, 4) is 11.5 Å². The predicted molar refractivity (Wildman–Crippen MR) is 105 cm³/mol. The first kappa shape index (κ1) is 18.5. The predicted octanol–water partition coefficient (Wildman–Crippen LogP) is 3.61. The van der Waals surface area contributed by atoms with Gasteiger partial charge < -0.3 is 14.6 Å². The maximum absolute atomic E-state index is 10.3. The fourth-order valence-electron chi connectivity index (χ4n) is 3.13. The molecule has 2 aromatic carbocycles. The van der Waals surface area contributed by atoms with Crippen molar-refractivity contribution in [2.45, 2.75) is 19.4 Å². The van der Waals surface area contributed by atoms with E-state index in [4.69, 9.17) is 9.47 Å². The molecular weight excluding hydrogens is 326 g/mol. The maximum Gasteiger partial charge on any atom is 0.119 e. The van der Waals surface area contributed by atoms with E-state index in [1.807, 2.05) is 37.3 Å². The minimum absolute atomic E-state index is 0.291. The SMILES string of the molecule is CCOc1ccc(OCC(O)CN2CC=C(c3ccccc3)CC2)cc1. The second kappa shape index (κ2) is 9.41. The Balaban J connectivity index is 1.43. The van der Waals surface area contributed by atoms with Gasteiger partial charge in [0.2, 0.25) is 0 Å². The van der Waals surface area contributed by atoms with Gasteiger partial charge in [0.05, 0.1) is 6.61 Å². The van der Waals surface area contributed by atoms with Gasteiger partial charge in [-0.2, -0.15) is 0 Å². The second-order valence-corrected chi connectivity index (χ2v) is 6.47. The fraction of sp³-hybridized carbons (Fsp3) is 0.364. The summed E-state index contributed by atoms with van der Waals surface area (Å²) in [5.74, 6) is 1.58. The lowest BCUT2D eigenvalue weighted by Crippen LogP contribution is -2.38. The van der Waals surface area contributed by atoms with Crippen molar-refractivity contribution in [3.05, 3.63) is 66.2 Å². The summed E-state index contributed by atoms with van der Waals surface area (Å²) in [6.07, 6.45) is 2.77. The standard InChI is InChI=1S/C22H27NO3/c1-2-25-21-8-10-22(11-9-21)26-17-20(24)16-23-14-12-19(13-15-23)18-6-4-3-5-7-18/h3-12,20,24H,2,13-17H2,1H3. The summed E-state index contributed by atoms with van der Waals surface area (Å²) in [7, 11) is 0. The summed E-state index contributed by atoms with van der Waals surface area (Å²) in [4.78, 5) is 2.26. The van der Waals surface area contributed by atoms with Crippen LogP contribution in [-0.4, -0.2) is 49.0 Å². The second-order valence-electron chi connectivity index (χ2n) is 6.47. The monoisotopic (exact) mass is 353 g/mol. The van der Waals surface area contributed by atoms with E-state index in [2.05, 4.69) is 35.2 Å². The first-order valence-corrected chi connectivity index (χ1v) is 9.25. The van der Waals surface area contributed by atoms with E-state index in [1.54, 1.807) is 0 Å². The number of hydrogen-bond acceptors (Lipinski definition) is 4. The van der Waals surface area contributed by atoms with E-state index >= 15 is 0 Å². The highest BCUT2D eigenvalue weighted by Crippen LogP contribution is 2.22. The van der Waals surface area contributed by atoms with Gasteiger partial charge in [-0.05, 0) is 48.7 Å². The third-order valence-electron chi connectivity index (χ3n) is 4.48. The van der Waals surface area contributed by atoms with Gasteiger partial charge in [-0.1, -0.05) is 36.4 Å². The average molecular weight is 353 g/mol. The van der Waals surface area contributed by atoms with Gasteiger partial charge in [0, 0.05) is 19.6 Å². The molecule has 0 aliphatic carbocycles. The fourth-order valence-corrected chi connectivity index (χ4v) is 3.13. The summed E-state index contributed by atoms with van der Waals surface area (Å²) in [5.41, 5.74) is 2.69. The van der Waals surface area contributed by atoms with Gasteiger partial charge >= 0.3 is 0 Å². The van der Waals surface area contributed by atoms with E-state index in [0.29, 0.717) is 19.8 Å². The van der Waals surface area contributed by atoms with Gasteiger partial charge in [-0.15, -0.1) is 0 Å². The van der Waals surface area contributed by atoms with Crippen molar-refractivity contribution in [2.24, 2.45) is 0 Å². The van der Waals surface area contributed by atoms with Crippen LogP contribution in [0.4, 0.5) is 0 Å². The largest absolute Gasteiger partial charge is 0.494 e. The molecule has 26 heavy (non-hydrogen) atoms. The molecule has 1 unspecified atom stereocenters. The molecule has 0 saturated heterocycles. The Bertz CT molecular complexity index is 697. The number of benzene rings is 2. The number of aliphatic hydroxyl groups excluding tert-OH is 1. The number of nitrogens with zero attached hydrogens (tertiary/aromatic N) is 1. The van der Waals surface area contributed by atoms with E-state index < -0.39 is 6.10 Å². The molecule has 3 rings (SSSR count). The van der Waals surface area contributed by atoms with Crippen LogP contribution in [0, 0.1) is 0 Å². The van der Waals surface area contributed by atoms with Crippen LogP contribution < -0.4 is 9.47 Å².